The number of hydrogen-bond acceptors (Lipinski definition) is 3. The van der Waals surface area contributed by atoms with E-state index in [0.29, 0.717) is 6.04 Å². The zero-order valence-corrected chi connectivity index (χ0v) is 12.3. The monoisotopic (exact) mass is 250 g/mol. The summed E-state index contributed by atoms with van der Waals surface area (Å²) in [6.45, 7) is 9.02. The second kappa shape index (κ2) is 7.39. The molecule has 1 unspecified atom stereocenters. The van der Waals surface area contributed by atoms with Crippen molar-refractivity contribution in [2.45, 2.75) is 26.8 Å². The first-order chi connectivity index (χ1) is 8.54. The molecular weight excluding hydrogens is 224 g/mol. The Morgan fingerprint density at radius 1 is 1.33 bits per heavy atom. The number of rotatable bonds is 7. The quantitative estimate of drug-likeness (QED) is 0.805. The summed E-state index contributed by atoms with van der Waals surface area (Å²) in [5, 5.41) is 3.43. The number of ether oxygens (including phenoxy) is 1. The SMILES string of the molecule is CCNC(C)c1ccc(C)cc1OCCN(C)C. The molecule has 0 spiro atoms. The van der Waals surface area contributed by atoms with Crippen molar-refractivity contribution in [1.82, 2.24) is 10.2 Å². The number of aryl methyl sites for hydroxylation is 1. The van der Waals surface area contributed by atoms with Crippen molar-refractivity contribution in [2.75, 3.05) is 33.8 Å². The predicted octanol–water partition coefficient (Wildman–Crippen LogP) is 2.61. The highest BCUT2D eigenvalue weighted by atomic mass is 16.5. The first kappa shape index (κ1) is 15.0. The van der Waals surface area contributed by atoms with Crippen LogP contribution in [0.1, 0.15) is 31.0 Å². The summed E-state index contributed by atoms with van der Waals surface area (Å²) in [6, 6.07) is 6.75. The van der Waals surface area contributed by atoms with Crippen molar-refractivity contribution >= 4 is 0 Å². The van der Waals surface area contributed by atoms with Gasteiger partial charge in [-0.05, 0) is 46.1 Å². The fraction of sp³-hybridized carbons (Fsp3) is 0.600. The Kier molecular flexibility index (Phi) is 6.16. The van der Waals surface area contributed by atoms with Gasteiger partial charge in [0, 0.05) is 18.2 Å². The van der Waals surface area contributed by atoms with Crippen LogP contribution >= 0.6 is 0 Å². The summed E-state index contributed by atoms with van der Waals surface area (Å²) < 4.78 is 5.91. The lowest BCUT2D eigenvalue weighted by molar-refractivity contribution is 0.258. The summed E-state index contributed by atoms with van der Waals surface area (Å²) in [4.78, 5) is 2.13. The molecule has 0 radical (unpaired) electrons. The molecule has 0 bridgehead atoms. The van der Waals surface area contributed by atoms with Gasteiger partial charge in [-0.1, -0.05) is 19.1 Å². The maximum Gasteiger partial charge on any atom is 0.124 e. The van der Waals surface area contributed by atoms with E-state index in [4.69, 9.17) is 4.74 Å². The van der Waals surface area contributed by atoms with Crippen LogP contribution in [0.5, 0.6) is 5.75 Å². The van der Waals surface area contributed by atoms with E-state index in [1.54, 1.807) is 0 Å². The first-order valence-electron chi connectivity index (χ1n) is 6.66. The smallest absolute Gasteiger partial charge is 0.124 e. The number of nitrogens with one attached hydrogen (secondary N) is 1. The van der Waals surface area contributed by atoms with E-state index in [2.05, 4.69) is 63.3 Å². The van der Waals surface area contributed by atoms with Gasteiger partial charge < -0.3 is 15.0 Å². The van der Waals surface area contributed by atoms with Crippen molar-refractivity contribution in [3.63, 3.8) is 0 Å². The standard InChI is InChI=1S/C15H26N2O/c1-6-16-13(3)14-8-7-12(2)11-15(14)18-10-9-17(4)5/h7-8,11,13,16H,6,9-10H2,1-5H3. The maximum absolute atomic E-state index is 5.91. The molecule has 0 aliphatic carbocycles. The minimum Gasteiger partial charge on any atom is -0.492 e. The molecule has 3 heteroatoms. The molecule has 0 saturated heterocycles. The molecule has 1 aromatic rings. The summed E-state index contributed by atoms with van der Waals surface area (Å²) in [7, 11) is 4.11. The Morgan fingerprint density at radius 2 is 2.06 bits per heavy atom. The Morgan fingerprint density at radius 3 is 2.67 bits per heavy atom. The van der Waals surface area contributed by atoms with Gasteiger partial charge >= 0.3 is 0 Å². The van der Waals surface area contributed by atoms with E-state index < -0.39 is 0 Å². The molecule has 18 heavy (non-hydrogen) atoms. The lowest BCUT2D eigenvalue weighted by Gasteiger charge is -2.19. The van der Waals surface area contributed by atoms with Crippen molar-refractivity contribution in [3.8, 4) is 5.75 Å². The number of likely N-dealkylation sites (N-methyl/N-ethyl adjacent to an activating group) is 1. The van der Waals surface area contributed by atoms with Gasteiger partial charge in [0.2, 0.25) is 0 Å². The number of hydrogen-bond donors (Lipinski definition) is 1. The van der Waals surface area contributed by atoms with Crippen LogP contribution in [0, 0.1) is 6.92 Å². The van der Waals surface area contributed by atoms with Crippen LogP contribution in [0.15, 0.2) is 18.2 Å². The second-order valence-corrected chi connectivity index (χ2v) is 4.97. The summed E-state index contributed by atoms with van der Waals surface area (Å²) in [5.74, 6) is 1.00. The molecule has 3 nitrogen and oxygen atoms in total. The normalized spacial score (nSPS) is 12.8. The van der Waals surface area contributed by atoms with Crippen LogP contribution in [0.4, 0.5) is 0 Å². The summed E-state index contributed by atoms with van der Waals surface area (Å²) >= 11 is 0. The molecule has 0 aliphatic heterocycles. The maximum atomic E-state index is 5.91. The van der Waals surface area contributed by atoms with Crippen LogP contribution in [0.2, 0.25) is 0 Å². The van der Waals surface area contributed by atoms with Crippen LogP contribution in [0.3, 0.4) is 0 Å². The molecule has 1 aromatic carbocycles. The number of benzene rings is 1. The lowest BCUT2D eigenvalue weighted by Crippen LogP contribution is -2.21. The third kappa shape index (κ3) is 4.67. The van der Waals surface area contributed by atoms with Crippen molar-refractivity contribution in [1.29, 1.82) is 0 Å². The van der Waals surface area contributed by atoms with E-state index in [-0.39, 0.29) is 0 Å². The zero-order chi connectivity index (χ0) is 13.5. The zero-order valence-electron chi connectivity index (χ0n) is 12.3. The first-order valence-corrected chi connectivity index (χ1v) is 6.66. The van der Waals surface area contributed by atoms with Crippen molar-refractivity contribution < 1.29 is 4.74 Å². The lowest BCUT2D eigenvalue weighted by atomic mass is 10.0. The minimum absolute atomic E-state index is 0.324. The molecule has 1 atom stereocenters. The van der Waals surface area contributed by atoms with E-state index in [9.17, 15) is 0 Å². The highest BCUT2D eigenvalue weighted by molar-refractivity contribution is 5.39. The molecule has 102 valence electrons. The Hall–Kier alpha value is -1.06. The van der Waals surface area contributed by atoms with E-state index in [1.165, 1.54) is 11.1 Å². The molecular formula is C15H26N2O. The molecule has 1 rings (SSSR count). The highest BCUT2D eigenvalue weighted by Gasteiger charge is 2.11. The van der Waals surface area contributed by atoms with E-state index in [1.807, 2.05) is 0 Å². The van der Waals surface area contributed by atoms with Crippen LogP contribution in [0.25, 0.3) is 0 Å². The van der Waals surface area contributed by atoms with Gasteiger partial charge in [-0.3, -0.25) is 0 Å². The van der Waals surface area contributed by atoms with Gasteiger partial charge in [-0.2, -0.15) is 0 Å². The molecule has 0 saturated carbocycles. The van der Waals surface area contributed by atoms with Gasteiger partial charge in [0.05, 0.1) is 0 Å². The van der Waals surface area contributed by atoms with Crippen molar-refractivity contribution in [3.05, 3.63) is 29.3 Å². The van der Waals surface area contributed by atoms with Gasteiger partial charge in [-0.25, -0.2) is 0 Å². The van der Waals surface area contributed by atoms with E-state index >= 15 is 0 Å². The molecule has 1 N–H and O–H groups in total. The topological polar surface area (TPSA) is 24.5 Å². The third-order valence-electron chi connectivity index (χ3n) is 2.94. The molecule has 0 fully saturated rings. The van der Waals surface area contributed by atoms with E-state index in [0.717, 1.165) is 25.4 Å². The molecule has 0 aliphatic rings. The number of nitrogens with zero attached hydrogens (tertiary/aromatic N) is 1. The van der Waals surface area contributed by atoms with Gasteiger partial charge in [0.1, 0.15) is 12.4 Å². The van der Waals surface area contributed by atoms with Gasteiger partial charge in [0.15, 0.2) is 0 Å². The minimum atomic E-state index is 0.324. The largest absolute Gasteiger partial charge is 0.492 e. The Balaban J connectivity index is 2.76. The molecule has 0 amide bonds. The average molecular weight is 250 g/mol. The predicted molar refractivity (Wildman–Crippen MR) is 77.3 cm³/mol. The molecule has 0 heterocycles. The Labute approximate surface area is 111 Å². The molecule has 0 aromatic heterocycles. The van der Waals surface area contributed by atoms with Crippen LogP contribution < -0.4 is 10.1 Å². The van der Waals surface area contributed by atoms with Gasteiger partial charge in [-0.15, -0.1) is 0 Å². The third-order valence-corrected chi connectivity index (χ3v) is 2.94. The summed E-state index contributed by atoms with van der Waals surface area (Å²) in [5.41, 5.74) is 2.48. The van der Waals surface area contributed by atoms with Crippen LogP contribution in [-0.4, -0.2) is 38.7 Å². The fourth-order valence-electron chi connectivity index (χ4n) is 1.88. The second-order valence-electron chi connectivity index (χ2n) is 4.97. The fourth-order valence-corrected chi connectivity index (χ4v) is 1.88. The van der Waals surface area contributed by atoms with Gasteiger partial charge in [0.25, 0.3) is 0 Å². The summed E-state index contributed by atoms with van der Waals surface area (Å²) in [6.07, 6.45) is 0. The average Bonchev–Trinajstić information content (AvgIpc) is 2.29. The van der Waals surface area contributed by atoms with Crippen molar-refractivity contribution in [2.24, 2.45) is 0 Å². The van der Waals surface area contributed by atoms with Crippen LogP contribution in [-0.2, 0) is 0 Å². The highest BCUT2D eigenvalue weighted by Crippen LogP contribution is 2.26. The Bertz CT molecular complexity index is 364.